The van der Waals surface area contributed by atoms with Gasteiger partial charge in [0.15, 0.2) is 6.23 Å². The number of aliphatic hydroxyl groups excluding tert-OH is 2. The molecule has 3 heterocycles. The van der Waals surface area contributed by atoms with Crippen LogP contribution in [0.4, 0.5) is 5.82 Å². The smallest absolute Gasteiger partial charge is 0.161 e. The molecule has 1 aromatic carbocycles. The summed E-state index contributed by atoms with van der Waals surface area (Å²) in [5, 5.41) is 21.8. The second-order valence-electron chi connectivity index (χ2n) is 6.96. The Morgan fingerprint density at radius 1 is 1.17 bits per heavy atom. The zero-order valence-electron chi connectivity index (χ0n) is 16.4. The van der Waals surface area contributed by atoms with Gasteiger partial charge in [0, 0.05) is 23.8 Å². The van der Waals surface area contributed by atoms with E-state index in [0.717, 1.165) is 10.9 Å². The van der Waals surface area contributed by atoms with Crippen LogP contribution >= 0.6 is 0 Å². The highest BCUT2D eigenvalue weighted by Gasteiger charge is 2.25. The van der Waals surface area contributed by atoms with E-state index >= 15 is 0 Å². The monoisotopic (exact) mass is 409 g/mol. The van der Waals surface area contributed by atoms with E-state index in [9.17, 15) is 10.2 Å². The summed E-state index contributed by atoms with van der Waals surface area (Å²) < 4.78 is 13.5. The third kappa shape index (κ3) is 4.04. The lowest BCUT2D eigenvalue weighted by atomic mass is 10.2. The van der Waals surface area contributed by atoms with Crippen molar-refractivity contribution in [2.75, 3.05) is 18.9 Å². The van der Waals surface area contributed by atoms with Gasteiger partial charge in [0.2, 0.25) is 0 Å². The highest BCUT2D eigenvalue weighted by Crippen LogP contribution is 2.26. The predicted octanol–water partition coefficient (Wildman–Crippen LogP) is 1.90. The van der Waals surface area contributed by atoms with Crippen molar-refractivity contribution >= 4 is 27.8 Å². The van der Waals surface area contributed by atoms with Crippen molar-refractivity contribution in [3.05, 3.63) is 55.1 Å². The lowest BCUT2D eigenvalue weighted by molar-refractivity contribution is -0.132. The number of rotatable bonds is 8. The molecule has 9 nitrogen and oxygen atoms in total. The van der Waals surface area contributed by atoms with Crippen molar-refractivity contribution in [3.8, 4) is 5.75 Å². The fraction of sp³-hybridized carbons (Fsp3) is 0.286. The molecule has 3 aromatic heterocycles. The van der Waals surface area contributed by atoms with Crippen molar-refractivity contribution in [1.82, 2.24) is 19.5 Å². The van der Waals surface area contributed by atoms with Crippen molar-refractivity contribution < 1.29 is 19.7 Å². The van der Waals surface area contributed by atoms with Gasteiger partial charge in [-0.2, -0.15) is 0 Å². The molecule has 3 atom stereocenters. The van der Waals surface area contributed by atoms with Crippen LogP contribution in [-0.4, -0.2) is 55.2 Å². The zero-order valence-corrected chi connectivity index (χ0v) is 16.4. The number of fused-ring (bicyclic) bond motifs is 2. The van der Waals surface area contributed by atoms with Crippen LogP contribution in [0.1, 0.15) is 13.2 Å². The summed E-state index contributed by atoms with van der Waals surface area (Å²) in [6.45, 7) is 1.41. The van der Waals surface area contributed by atoms with E-state index in [1.165, 1.54) is 6.33 Å². The first-order valence-electron chi connectivity index (χ1n) is 9.56. The molecule has 30 heavy (non-hydrogen) atoms. The third-order valence-electron chi connectivity index (χ3n) is 4.78. The van der Waals surface area contributed by atoms with Gasteiger partial charge in [-0.15, -0.1) is 0 Å². The minimum atomic E-state index is -0.879. The number of pyridine rings is 1. The number of nitrogen functional groups attached to an aromatic ring is 1. The lowest BCUT2D eigenvalue weighted by Gasteiger charge is -2.27. The van der Waals surface area contributed by atoms with Gasteiger partial charge in [-0.25, -0.2) is 9.97 Å². The molecular weight excluding hydrogens is 386 g/mol. The van der Waals surface area contributed by atoms with Crippen LogP contribution in [0.2, 0.25) is 0 Å². The molecule has 0 saturated carbocycles. The molecule has 156 valence electrons. The average molecular weight is 409 g/mol. The highest BCUT2D eigenvalue weighted by atomic mass is 16.6. The standard InChI is InChI=1S/C21H23N5O4/c1-13(28)21(26-8-6-17-19(22)24-12-25-20(17)26)30-16(10-27)11-29-15-5-4-14-3-2-7-23-18(14)9-15/h2-9,12-13,16,21,27-28H,10-11H2,1H3,(H2,22,24,25)/t13-,16+,21-/m1/s1. The zero-order chi connectivity index (χ0) is 21.1. The van der Waals surface area contributed by atoms with Crippen LogP contribution in [0.25, 0.3) is 21.9 Å². The van der Waals surface area contributed by atoms with Gasteiger partial charge in [-0.3, -0.25) is 4.98 Å². The molecule has 0 aliphatic heterocycles. The number of hydrogen-bond donors (Lipinski definition) is 3. The molecule has 0 fully saturated rings. The van der Waals surface area contributed by atoms with Gasteiger partial charge in [-0.1, -0.05) is 6.07 Å². The van der Waals surface area contributed by atoms with Gasteiger partial charge in [0.1, 0.15) is 36.3 Å². The third-order valence-corrected chi connectivity index (χ3v) is 4.78. The molecule has 0 unspecified atom stereocenters. The van der Waals surface area contributed by atoms with Crippen LogP contribution in [0.5, 0.6) is 5.75 Å². The first kappa shape index (κ1) is 20.0. The summed E-state index contributed by atoms with van der Waals surface area (Å²) in [6, 6.07) is 11.2. The van der Waals surface area contributed by atoms with E-state index in [1.54, 1.807) is 30.0 Å². The highest BCUT2D eigenvalue weighted by molar-refractivity contribution is 5.86. The molecule has 4 N–H and O–H groups in total. The summed E-state index contributed by atoms with van der Waals surface area (Å²) in [7, 11) is 0. The van der Waals surface area contributed by atoms with Gasteiger partial charge in [0.05, 0.1) is 23.6 Å². The van der Waals surface area contributed by atoms with Crippen LogP contribution in [-0.2, 0) is 4.74 Å². The molecule has 0 radical (unpaired) electrons. The van der Waals surface area contributed by atoms with Gasteiger partial charge in [-0.05, 0) is 31.2 Å². The summed E-state index contributed by atoms with van der Waals surface area (Å²) in [4.78, 5) is 12.5. The van der Waals surface area contributed by atoms with Crippen LogP contribution < -0.4 is 10.5 Å². The summed E-state index contributed by atoms with van der Waals surface area (Å²) in [5.74, 6) is 0.957. The summed E-state index contributed by atoms with van der Waals surface area (Å²) >= 11 is 0. The van der Waals surface area contributed by atoms with Crippen molar-refractivity contribution in [3.63, 3.8) is 0 Å². The molecule has 4 rings (SSSR count). The maximum Gasteiger partial charge on any atom is 0.161 e. The first-order chi connectivity index (χ1) is 14.6. The van der Waals surface area contributed by atoms with Crippen molar-refractivity contribution in [2.24, 2.45) is 0 Å². The summed E-state index contributed by atoms with van der Waals surface area (Å²) in [6.07, 6.45) is 2.44. The molecule has 0 spiro atoms. The van der Waals surface area contributed by atoms with E-state index in [4.69, 9.17) is 15.2 Å². The van der Waals surface area contributed by atoms with Crippen molar-refractivity contribution in [2.45, 2.75) is 25.4 Å². The number of ether oxygens (including phenoxy) is 2. The Hall–Kier alpha value is -3.27. The molecule has 0 amide bonds. The molecule has 0 aliphatic rings. The Kier molecular flexibility index (Phi) is 5.75. The normalized spacial score (nSPS) is 14.6. The Morgan fingerprint density at radius 2 is 2.03 bits per heavy atom. The molecule has 0 bridgehead atoms. The van der Waals surface area contributed by atoms with E-state index < -0.39 is 18.4 Å². The fourth-order valence-electron chi connectivity index (χ4n) is 3.26. The van der Waals surface area contributed by atoms with E-state index in [2.05, 4.69) is 15.0 Å². The van der Waals surface area contributed by atoms with E-state index in [1.807, 2.05) is 30.3 Å². The van der Waals surface area contributed by atoms with E-state index in [-0.39, 0.29) is 13.2 Å². The van der Waals surface area contributed by atoms with Gasteiger partial charge in [0.25, 0.3) is 0 Å². The van der Waals surface area contributed by atoms with Crippen LogP contribution in [0, 0.1) is 0 Å². The second kappa shape index (κ2) is 8.62. The second-order valence-corrected chi connectivity index (χ2v) is 6.96. The number of hydrogen-bond acceptors (Lipinski definition) is 8. The first-order valence-corrected chi connectivity index (χ1v) is 9.56. The van der Waals surface area contributed by atoms with Crippen LogP contribution in [0.3, 0.4) is 0 Å². The predicted molar refractivity (Wildman–Crippen MR) is 112 cm³/mol. The Morgan fingerprint density at radius 3 is 2.83 bits per heavy atom. The maximum absolute atomic E-state index is 10.3. The van der Waals surface area contributed by atoms with Gasteiger partial charge < -0.3 is 30.0 Å². The fourth-order valence-corrected chi connectivity index (χ4v) is 3.26. The molecule has 0 aliphatic carbocycles. The van der Waals surface area contributed by atoms with E-state index in [0.29, 0.717) is 22.6 Å². The number of benzene rings is 1. The minimum absolute atomic E-state index is 0.0917. The molecule has 9 heteroatoms. The Labute approximate surface area is 172 Å². The van der Waals surface area contributed by atoms with Gasteiger partial charge >= 0.3 is 0 Å². The Bertz CT molecular complexity index is 1150. The minimum Gasteiger partial charge on any atom is -0.491 e. The number of aliphatic hydroxyl groups is 2. The topological polar surface area (TPSA) is 129 Å². The number of anilines is 1. The summed E-state index contributed by atoms with van der Waals surface area (Å²) in [5.41, 5.74) is 7.24. The number of nitrogens with two attached hydrogens (primary N) is 1. The molecular formula is C21H23N5O4. The maximum atomic E-state index is 10.3. The largest absolute Gasteiger partial charge is 0.491 e. The SMILES string of the molecule is C[C@@H](O)[C@@H](O[C@@H](CO)COc1ccc2cccnc2c1)n1ccc2c(N)ncnc21. The van der Waals surface area contributed by atoms with Crippen molar-refractivity contribution in [1.29, 1.82) is 0 Å². The Balaban J connectivity index is 1.50. The molecule has 0 saturated heterocycles. The number of nitrogens with zero attached hydrogens (tertiary/aromatic N) is 4. The average Bonchev–Trinajstić information content (AvgIpc) is 3.19. The molecule has 4 aromatic rings. The van der Waals surface area contributed by atoms with Crippen LogP contribution in [0.15, 0.2) is 55.1 Å². The lowest BCUT2D eigenvalue weighted by Crippen LogP contribution is -2.34. The quantitative estimate of drug-likeness (QED) is 0.402. The number of aromatic nitrogens is 4.